The Morgan fingerprint density at radius 3 is 1.48 bits per heavy atom. The Morgan fingerprint density at radius 2 is 1.02 bits per heavy atom. The third-order valence-corrected chi connectivity index (χ3v) is 7.64. The highest BCUT2D eigenvalue weighted by molar-refractivity contribution is 5.76. The van der Waals surface area contributed by atoms with Crippen molar-refractivity contribution in [3.8, 4) is 5.75 Å². The minimum Gasteiger partial charge on any atom is -0.508 e. The maximum absolute atomic E-state index is 12.8. The number of rotatable bonds is 28. The number of amides is 1. The van der Waals surface area contributed by atoms with E-state index >= 15 is 0 Å². The molecule has 0 aliphatic carbocycles. The van der Waals surface area contributed by atoms with Crippen LogP contribution in [0.5, 0.6) is 5.75 Å². The van der Waals surface area contributed by atoms with Crippen LogP contribution in [0.3, 0.4) is 0 Å². The first-order chi connectivity index (χ1) is 23.9. The van der Waals surface area contributed by atoms with Gasteiger partial charge in [0.1, 0.15) is 5.75 Å². The van der Waals surface area contributed by atoms with Gasteiger partial charge in [0.15, 0.2) is 0 Å². The third-order valence-electron chi connectivity index (χ3n) is 7.64. The molecule has 3 N–H and O–H groups in total. The molecule has 1 amide bonds. The summed E-state index contributed by atoms with van der Waals surface area (Å²) in [6.07, 6.45) is 0.435. The summed E-state index contributed by atoms with van der Waals surface area (Å²) in [4.78, 5) is 12.8. The summed E-state index contributed by atoms with van der Waals surface area (Å²) in [5.41, 5.74) is 2.12. The summed E-state index contributed by atoms with van der Waals surface area (Å²) >= 11 is 0. The molecule has 0 aromatic heterocycles. The molecule has 8 atom stereocenters. The molecule has 0 saturated heterocycles. The maximum atomic E-state index is 12.8. The van der Waals surface area contributed by atoms with Gasteiger partial charge in [0.25, 0.3) is 0 Å². The first-order valence-electron chi connectivity index (χ1n) is 18.0. The number of carbonyl (C=O) groups excluding carboxylic acids is 1. The lowest BCUT2D eigenvalue weighted by molar-refractivity contribution is -0.122. The smallest absolute Gasteiger partial charge is 0.220 e. The number of carbonyl (C=O) groups is 1. The monoisotopic (exact) mass is 705 g/mol. The van der Waals surface area contributed by atoms with Crippen LogP contribution >= 0.6 is 0 Å². The molecule has 50 heavy (non-hydrogen) atoms. The molecule has 11 nitrogen and oxygen atoms in total. The highest BCUT2D eigenvalue weighted by Gasteiger charge is 2.17. The highest BCUT2D eigenvalue weighted by Crippen LogP contribution is 2.12. The Labute approximate surface area is 299 Å². The van der Waals surface area contributed by atoms with Crippen LogP contribution in [0.2, 0.25) is 0 Å². The fourth-order valence-electron chi connectivity index (χ4n) is 4.74. The lowest BCUT2D eigenvalue weighted by atomic mass is 10.1. The number of phenols is 1. The zero-order valence-corrected chi connectivity index (χ0v) is 31.3. The molecular formula is C39H63NO10. The second-order valence-corrected chi connectivity index (χ2v) is 13.4. The van der Waals surface area contributed by atoms with Gasteiger partial charge in [-0.25, -0.2) is 0 Å². The zero-order chi connectivity index (χ0) is 36.7. The zero-order valence-electron chi connectivity index (χ0n) is 31.3. The van der Waals surface area contributed by atoms with Crippen molar-refractivity contribution in [1.29, 1.82) is 0 Å². The van der Waals surface area contributed by atoms with Crippen LogP contribution in [0.15, 0.2) is 54.6 Å². The van der Waals surface area contributed by atoms with Crippen LogP contribution in [0, 0.1) is 0 Å². The molecule has 2 rings (SSSR count). The molecular weight excluding hydrogens is 642 g/mol. The van der Waals surface area contributed by atoms with E-state index in [2.05, 4.69) is 5.32 Å². The fraction of sp³-hybridized carbons (Fsp3) is 0.667. The van der Waals surface area contributed by atoms with Crippen molar-refractivity contribution in [2.45, 2.75) is 116 Å². The standard InChI is InChI=1S/C39H63NO10/c1-28(41)20-45-30(3)22-47-32(5)24-49-34(7)26-50-33(6)25-48-31(4)23-46-29(2)21-44-27-37(19-36-11-9-8-10-12-36)40-39(43)18-15-35-13-16-38(42)17-14-35/h8-14,16-17,28-34,37,41-42H,15,18-27H2,1-7H3,(H,40,43)/t28?,29?,30?,31?,32?,33?,34?,37-/m0/s1. The number of phenolic OH excluding ortho intramolecular Hbond substituents is 1. The van der Waals surface area contributed by atoms with Gasteiger partial charge in [-0.2, -0.15) is 0 Å². The Balaban J connectivity index is 1.60. The second-order valence-electron chi connectivity index (χ2n) is 13.4. The lowest BCUT2D eigenvalue weighted by Gasteiger charge is -2.23. The van der Waals surface area contributed by atoms with Crippen molar-refractivity contribution in [2.24, 2.45) is 0 Å². The Bertz CT molecular complexity index is 1140. The molecule has 0 aliphatic rings. The first-order valence-corrected chi connectivity index (χ1v) is 18.0. The van der Waals surface area contributed by atoms with Gasteiger partial charge in [-0.15, -0.1) is 0 Å². The normalized spacial score (nSPS) is 16.6. The molecule has 2 aromatic carbocycles. The van der Waals surface area contributed by atoms with Gasteiger partial charge in [-0.1, -0.05) is 42.5 Å². The molecule has 284 valence electrons. The van der Waals surface area contributed by atoms with Crippen LogP contribution in [-0.4, -0.2) is 118 Å². The second kappa shape index (κ2) is 25.4. The van der Waals surface area contributed by atoms with Crippen molar-refractivity contribution < 1.29 is 48.2 Å². The van der Waals surface area contributed by atoms with Crippen molar-refractivity contribution in [3.05, 3.63) is 65.7 Å². The van der Waals surface area contributed by atoms with Crippen LogP contribution in [0.4, 0.5) is 0 Å². The van der Waals surface area contributed by atoms with Gasteiger partial charge in [-0.3, -0.25) is 4.79 Å². The Kier molecular flexibility index (Phi) is 22.1. The molecule has 0 radical (unpaired) electrons. The van der Waals surface area contributed by atoms with Gasteiger partial charge in [0.2, 0.25) is 5.91 Å². The van der Waals surface area contributed by atoms with Crippen molar-refractivity contribution in [3.63, 3.8) is 0 Å². The average molecular weight is 706 g/mol. The van der Waals surface area contributed by atoms with E-state index in [-0.39, 0.29) is 60.9 Å². The summed E-state index contributed by atoms with van der Waals surface area (Å²) < 4.78 is 41.0. The van der Waals surface area contributed by atoms with E-state index in [1.807, 2.05) is 84.0 Å². The van der Waals surface area contributed by atoms with Crippen molar-refractivity contribution in [2.75, 3.05) is 52.9 Å². The summed E-state index contributed by atoms with van der Waals surface area (Å²) in [7, 11) is 0. The third kappa shape index (κ3) is 21.6. The Morgan fingerprint density at radius 1 is 0.580 bits per heavy atom. The SMILES string of the molecule is CC(O)COC(C)COC(C)COC(C)COC(C)COC(C)COC(C)COC[C@H](Cc1ccccc1)NC(=O)CCc1ccc(O)cc1. The van der Waals surface area contributed by atoms with Crippen LogP contribution < -0.4 is 5.32 Å². The molecule has 2 aromatic rings. The molecule has 0 spiro atoms. The number of nitrogens with one attached hydrogen (secondary N) is 1. The van der Waals surface area contributed by atoms with E-state index in [0.29, 0.717) is 65.5 Å². The molecule has 0 saturated carbocycles. The van der Waals surface area contributed by atoms with Crippen LogP contribution in [0.1, 0.15) is 66.0 Å². The molecule has 11 heteroatoms. The van der Waals surface area contributed by atoms with Crippen molar-refractivity contribution in [1.82, 2.24) is 5.32 Å². The summed E-state index contributed by atoms with van der Waals surface area (Å²) in [6.45, 7) is 16.6. The average Bonchev–Trinajstić information content (AvgIpc) is 3.09. The molecule has 7 unspecified atom stereocenters. The highest BCUT2D eigenvalue weighted by atomic mass is 16.6. The molecule has 0 heterocycles. The summed E-state index contributed by atoms with van der Waals surface area (Å²) in [5, 5.41) is 21.9. The summed E-state index contributed by atoms with van der Waals surface area (Å²) in [5.74, 6) is 0.169. The number of ether oxygens (including phenoxy) is 7. The van der Waals surface area contributed by atoms with E-state index in [9.17, 15) is 15.0 Å². The van der Waals surface area contributed by atoms with Gasteiger partial charge in [0, 0.05) is 6.42 Å². The van der Waals surface area contributed by atoms with E-state index in [4.69, 9.17) is 33.2 Å². The maximum Gasteiger partial charge on any atom is 0.220 e. The largest absolute Gasteiger partial charge is 0.508 e. The first kappa shape index (κ1) is 43.6. The van der Waals surface area contributed by atoms with Gasteiger partial charge in [0.05, 0.1) is 102 Å². The van der Waals surface area contributed by atoms with Crippen LogP contribution in [0.25, 0.3) is 0 Å². The van der Waals surface area contributed by atoms with Gasteiger partial charge >= 0.3 is 0 Å². The lowest BCUT2D eigenvalue weighted by Crippen LogP contribution is -2.40. The fourth-order valence-corrected chi connectivity index (χ4v) is 4.74. The van der Waals surface area contributed by atoms with Crippen LogP contribution in [-0.2, 0) is 50.8 Å². The van der Waals surface area contributed by atoms with Gasteiger partial charge < -0.3 is 48.7 Å². The van der Waals surface area contributed by atoms with E-state index in [1.165, 1.54) is 0 Å². The number of hydrogen-bond acceptors (Lipinski definition) is 10. The topological polar surface area (TPSA) is 134 Å². The van der Waals surface area contributed by atoms with Gasteiger partial charge in [-0.05, 0) is 84.6 Å². The minimum absolute atomic E-state index is 0.0419. The predicted molar refractivity (Wildman–Crippen MR) is 193 cm³/mol. The summed E-state index contributed by atoms with van der Waals surface area (Å²) in [6, 6.07) is 16.8. The number of aryl methyl sites for hydroxylation is 1. The Hall–Kier alpha value is -2.61. The van der Waals surface area contributed by atoms with E-state index in [1.54, 1.807) is 19.1 Å². The number of aliphatic hydroxyl groups is 1. The van der Waals surface area contributed by atoms with E-state index in [0.717, 1.165) is 11.1 Å². The molecule has 0 aliphatic heterocycles. The predicted octanol–water partition coefficient (Wildman–Crippen LogP) is 4.88. The number of hydrogen-bond donors (Lipinski definition) is 3. The van der Waals surface area contributed by atoms with E-state index < -0.39 is 6.10 Å². The number of benzene rings is 2. The quantitative estimate of drug-likeness (QED) is 0.113. The number of aliphatic hydroxyl groups excluding tert-OH is 1. The number of aromatic hydroxyl groups is 1. The molecule has 0 fully saturated rings. The minimum atomic E-state index is -0.494. The van der Waals surface area contributed by atoms with Crippen molar-refractivity contribution >= 4 is 5.91 Å². The molecule has 0 bridgehead atoms.